The SMILES string of the molecule is Bc1ccc(C(=O)OC)c(NC(=O)c2cc(C3CCNCC3)ccc2OCCCC)c1. The van der Waals surface area contributed by atoms with Crippen molar-refractivity contribution in [2.75, 3.05) is 32.1 Å². The molecule has 164 valence electrons. The number of ether oxygens (including phenoxy) is 2. The van der Waals surface area contributed by atoms with Gasteiger partial charge in [-0.15, -0.1) is 0 Å². The zero-order chi connectivity index (χ0) is 22.2. The Balaban J connectivity index is 1.92. The number of carbonyl (C=O) groups is 2. The fourth-order valence-electron chi connectivity index (χ4n) is 3.83. The molecule has 0 saturated carbocycles. The molecule has 0 aliphatic carbocycles. The van der Waals surface area contributed by atoms with Gasteiger partial charge in [-0.3, -0.25) is 4.79 Å². The maximum atomic E-state index is 13.3. The molecular formula is C24H31BN2O4. The Morgan fingerprint density at radius 3 is 2.61 bits per heavy atom. The molecule has 0 unspecified atom stereocenters. The van der Waals surface area contributed by atoms with Crippen molar-refractivity contribution in [1.82, 2.24) is 5.32 Å². The molecular weight excluding hydrogens is 391 g/mol. The van der Waals surface area contributed by atoms with Crippen LogP contribution in [0.25, 0.3) is 0 Å². The van der Waals surface area contributed by atoms with Gasteiger partial charge in [-0.25, -0.2) is 4.79 Å². The lowest BCUT2D eigenvalue weighted by Crippen LogP contribution is -2.27. The molecule has 0 aromatic heterocycles. The highest BCUT2D eigenvalue weighted by Gasteiger charge is 2.21. The molecule has 2 aromatic rings. The van der Waals surface area contributed by atoms with Crippen molar-refractivity contribution >= 4 is 30.9 Å². The molecule has 3 rings (SSSR count). The van der Waals surface area contributed by atoms with Crippen molar-refractivity contribution in [3.05, 3.63) is 53.1 Å². The monoisotopic (exact) mass is 422 g/mol. The summed E-state index contributed by atoms with van der Waals surface area (Å²) in [6, 6.07) is 11.2. The van der Waals surface area contributed by atoms with E-state index in [1.54, 1.807) is 12.1 Å². The summed E-state index contributed by atoms with van der Waals surface area (Å²) >= 11 is 0. The summed E-state index contributed by atoms with van der Waals surface area (Å²) < 4.78 is 10.8. The molecule has 0 radical (unpaired) electrons. The number of rotatable bonds is 8. The summed E-state index contributed by atoms with van der Waals surface area (Å²) in [5.41, 5.74) is 3.33. The third-order valence-corrected chi connectivity index (χ3v) is 5.64. The van der Waals surface area contributed by atoms with E-state index in [4.69, 9.17) is 9.47 Å². The average molecular weight is 422 g/mol. The Labute approximate surface area is 185 Å². The lowest BCUT2D eigenvalue weighted by atomic mass is 9.89. The van der Waals surface area contributed by atoms with Crippen molar-refractivity contribution in [1.29, 1.82) is 0 Å². The van der Waals surface area contributed by atoms with Crippen molar-refractivity contribution in [3.8, 4) is 5.75 Å². The molecule has 6 nitrogen and oxygen atoms in total. The maximum Gasteiger partial charge on any atom is 0.339 e. The Kier molecular flexibility index (Phi) is 8.12. The van der Waals surface area contributed by atoms with Gasteiger partial charge in [0, 0.05) is 0 Å². The van der Waals surface area contributed by atoms with Crippen LogP contribution in [0.15, 0.2) is 36.4 Å². The number of benzene rings is 2. The molecule has 0 bridgehead atoms. The average Bonchev–Trinajstić information content (AvgIpc) is 2.79. The number of anilines is 1. The minimum Gasteiger partial charge on any atom is -0.493 e. The lowest BCUT2D eigenvalue weighted by Gasteiger charge is -2.24. The van der Waals surface area contributed by atoms with Crippen molar-refractivity contribution in [2.45, 2.75) is 38.5 Å². The number of hydrogen-bond acceptors (Lipinski definition) is 5. The fourth-order valence-corrected chi connectivity index (χ4v) is 3.83. The van der Waals surface area contributed by atoms with Crippen LogP contribution in [0.4, 0.5) is 5.69 Å². The third kappa shape index (κ3) is 5.88. The van der Waals surface area contributed by atoms with E-state index in [0.29, 0.717) is 35.1 Å². The number of methoxy groups -OCH3 is 1. The number of esters is 1. The number of hydrogen-bond donors (Lipinski definition) is 2. The lowest BCUT2D eigenvalue weighted by molar-refractivity contribution is 0.0602. The van der Waals surface area contributed by atoms with Gasteiger partial charge in [0.05, 0.1) is 30.5 Å². The predicted octanol–water partition coefficient (Wildman–Crippen LogP) is 2.63. The number of amides is 1. The second-order valence-corrected chi connectivity index (χ2v) is 7.98. The van der Waals surface area contributed by atoms with Crippen molar-refractivity contribution in [2.24, 2.45) is 0 Å². The second-order valence-electron chi connectivity index (χ2n) is 7.98. The highest BCUT2D eigenvalue weighted by Crippen LogP contribution is 2.30. The molecule has 0 spiro atoms. The van der Waals surface area contributed by atoms with Crippen LogP contribution in [0.5, 0.6) is 5.75 Å². The van der Waals surface area contributed by atoms with Gasteiger partial charge in [0.1, 0.15) is 13.6 Å². The standard InChI is InChI=1S/C24H31BN2O4/c1-3-4-13-31-22-8-5-17(16-9-11-26-12-10-16)14-20(22)23(28)27-21-15-18(25)6-7-19(21)24(29)30-2/h5-8,14-16,26H,3-4,9-13,25H2,1-2H3,(H,27,28). The van der Waals surface area contributed by atoms with E-state index in [9.17, 15) is 9.59 Å². The summed E-state index contributed by atoms with van der Waals surface area (Å²) in [6.45, 7) is 4.62. The highest BCUT2D eigenvalue weighted by molar-refractivity contribution is 6.33. The van der Waals surface area contributed by atoms with Crippen LogP contribution in [-0.2, 0) is 4.74 Å². The first-order chi connectivity index (χ1) is 15.0. The number of carbonyl (C=O) groups excluding carboxylic acids is 2. The summed E-state index contributed by atoms with van der Waals surface area (Å²) in [4.78, 5) is 25.5. The first-order valence-corrected chi connectivity index (χ1v) is 11.0. The van der Waals surface area contributed by atoms with Gasteiger partial charge >= 0.3 is 5.97 Å². The minimum atomic E-state index is -0.488. The molecule has 0 atom stereocenters. The van der Waals surface area contributed by atoms with Gasteiger partial charge in [-0.2, -0.15) is 0 Å². The molecule has 1 aliphatic rings. The smallest absolute Gasteiger partial charge is 0.339 e. The van der Waals surface area contributed by atoms with E-state index in [-0.39, 0.29) is 5.91 Å². The van der Waals surface area contributed by atoms with Gasteiger partial charge in [0.25, 0.3) is 5.91 Å². The number of piperidine rings is 1. The molecule has 1 saturated heterocycles. The van der Waals surface area contributed by atoms with Gasteiger partial charge in [-0.1, -0.05) is 30.9 Å². The first-order valence-electron chi connectivity index (χ1n) is 11.0. The van der Waals surface area contributed by atoms with Crippen LogP contribution in [0.1, 0.15) is 64.8 Å². The quantitative estimate of drug-likeness (QED) is 0.389. The molecule has 1 heterocycles. The molecule has 31 heavy (non-hydrogen) atoms. The molecule has 2 aromatic carbocycles. The molecule has 1 fully saturated rings. The largest absolute Gasteiger partial charge is 0.493 e. The second kappa shape index (κ2) is 11.0. The minimum absolute atomic E-state index is 0.293. The van der Waals surface area contributed by atoms with Crippen LogP contribution in [0.3, 0.4) is 0 Å². The predicted molar refractivity (Wildman–Crippen MR) is 126 cm³/mol. The molecule has 7 heteroatoms. The van der Waals surface area contributed by atoms with E-state index >= 15 is 0 Å². The molecule has 1 amide bonds. The molecule has 1 aliphatic heterocycles. The van der Waals surface area contributed by atoms with E-state index in [1.165, 1.54) is 7.11 Å². The Bertz CT molecular complexity index is 926. The fraction of sp³-hybridized carbons (Fsp3) is 0.417. The van der Waals surface area contributed by atoms with Crippen LogP contribution in [-0.4, -0.2) is 46.5 Å². The van der Waals surface area contributed by atoms with Gasteiger partial charge in [-0.05, 0) is 68.1 Å². The van der Waals surface area contributed by atoms with Gasteiger partial charge < -0.3 is 20.1 Å². The first kappa shape index (κ1) is 22.9. The van der Waals surface area contributed by atoms with Crippen LogP contribution in [0, 0.1) is 0 Å². The van der Waals surface area contributed by atoms with Crippen molar-refractivity contribution in [3.63, 3.8) is 0 Å². The topological polar surface area (TPSA) is 76.7 Å². The maximum absolute atomic E-state index is 13.3. The zero-order valence-electron chi connectivity index (χ0n) is 18.6. The van der Waals surface area contributed by atoms with E-state index < -0.39 is 5.97 Å². The highest BCUT2D eigenvalue weighted by atomic mass is 16.5. The van der Waals surface area contributed by atoms with Gasteiger partial charge in [0.2, 0.25) is 0 Å². The normalized spacial score (nSPS) is 14.1. The van der Waals surface area contributed by atoms with Crippen LogP contribution >= 0.6 is 0 Å². The summed E-state index contributed by atoms with van der Waals surface area (Å²) in [6.07, 6.45) is 4.02. The van der Waals surface area contributed by atoms with Crippen LogP contribution in [0.2, 0.25) is 0 Å². The van der Waals surface area contributed by atoms with Crippen molar-refractivity contribution < 1.29 is 19.1 Å². The van der Waals surface area contributed by atoms with E-state index in [1.807, 2.05) is 26.0 Å². The zero-order valence-corrected chi connectivity index (χ0v) is 18.6. The number of unbranched alkanes of at least 4 members (excludes halogenated alkanes) is 1. The summed E-state index contributed by atoms with van der Waals surface area (Å²) in [5, 5.41) is 6.29. The Hall–Kier alpha value is -2.80. The third-order valence-electron chi connectivity index (χ3n) is 5.64. The van der Waals surface area contributed by atoms with E-state index in [2.05, 4.69) is 23.6 Å². The molecule has 2 N–H and O–H groups in total. The number of nitrogens with one attached hydrogen (secondary N) is 2. The Morgan fingerprint density at radius 2 is 1.90 bits per heavy atom. The summed E-state index contributed by atoms with van der Waals surface area (Å²) in [7, 11) is 3.24. The summed E-state index contributed by atoms with van der Waals surface area (Å²) in [5.74, 6) is 0.203. The van der Waals surface area contributed by atoms with Gasteiger partial charge in [0.15, 0.2) is 0 Å². The van der Waals surface area contributed by atoms with E-state index in [0.717, 1.165) is 49.8 Å². The van der Waals surface area contributed by atoms with Crippen LogP contribution < -0.4 is 20.8 Å². The Morgan fingerprint density at radius 1 is 1.13 bits per heavy atom.